The molecule has 0 saturated heterocycles. The number of rotatable bonds is 0. The fourth-order valence-electron chi connectivity index (χ4n) is 2.75. The molecule has 0 aromatic rings. The quantitative estimate of drug-likeness (QED) is 0.618. The molecule has 0 aliphatic heterocycles. The molecule has 2 atom stereocenters. The number of aliphatic hydroxyl groups excluding tert-OH is 1. The van der Waals surface area contributed by atoms with Crippen molar-refractivity contribution < 1.29 is 9.90 Å². The molecule has 1 N–H and O–H groups in total. The average molecular weight is 206 g/mol. The number of carbonyl (C=O) groups excluding carboxylic acids is 1. The molecule has 1 saturated carbocycles. The minimum absolute atomic E-state index is 0.138. The van der Waals surface area contributed by atoms with Gasteiger partial charge in [-0.25, -0.2) is 0 Å². The Morgan fingerprint density at radius 3 is 3.00 bits per heavy atom. The first kappa shape index (κ1) is 10.6. The second-order valence-electron chi connectivity index (χ2n) is 4.85. The van der Waals surface area contributed by atoms with Gasteiger partial charge < -0.3 is 5.11 Å². The zero-order chi connectivity index (χ0) is 11.1. The number of allylic oxidation sites excluding steroid dienone is 3. The van der Waals surface area contributed by atoms with Crippen LogP contribution in [0, 0.1) is 5.41 Å². The standard InChI is InChI=1S/C13H18O2/c1-3-9-8-13(2)10(7-11(9)14)5-4-6-12(13)15/h3,7,12,15H,4-6,8H2,1-2H3/t12-,13-/m0/s1. The van der Waals surface area contributed by atoms with Gasteiger partial charge in [0.15, 0.2) is 5.78 Å². The summed E-state index contributed by atoms with van der Waals surface area (Å²) in [5.74, 6) is 0.138. The lowest BCUT2D eigenvalue weighted by molar-refractivity contribution is -0.112. The molecule has 0 spiro atoms. The summed E-state index contributed by atoms with van der Waals surface area (Å²) in [4.78, 5) is 11.7. The van der Waals surface area contributed by atoms with Crippen LogP contribution < -0.4 is 0 Å². The first-order valence-electron chi connectivity index (χ1n) is 5.66. The average Bonchev–Trinajstić information content (AvgIpc) is 2.21. The van der Waals surface area contributed by atoms with Crippen LogP contribution >= 0.6 is 0 Å². The van der Waals surface area contributed by atoms with E-state index in [2.05, 4.69) is 6.92 Å². The first-order valence-corrected chi connectivity index (χ1v) is 5.66. The van der Waals surface area contributed by atoms with E-state index in [0.29, 0.717) is 6.42 Å². The molecule has 2 heteroatoms. The molecule has 0 radical (unpaired) electrons. The van der Waals surface area contributed by atoms with Crippen molar-refractivity contribution in [2.75, 3.05) is 0 Å². The lowest BCUT2D eigenvalue weighted by Gasteiger charge is -2.43. The van der Waals surface area contributed by atoms with Gasteiger partial charge in [-0.1, -0.05) is 18.6 Å². The normalized spacial score (nSPS) is 38.9. The molecule has 1 fully saturated rings. The molecule has 2 aliphatic carbocycles. The lowest BCUT2D eigenvalue weighted by Crippen LogP contribution is -2.40. The van der Waals surface area contributed by atoms with Crippen LogP contribution in [-0.4, -0.2) is 17.0 Å². The minimum Gasteiger partial charge on any atom is -0.392 e. The van der Waals surface area contributed by atoms with Crippen molar-refractivity contribution in [2.45, 2.75) is 45.6 Å². The number of aliphatic hydroxyl groups is 1. The largest absolute Gasteiger partial charge is 0.392 e. The van der Waals surface area contributed by atoms with E-state index in [-0.39, 0.29) is 17.3 Å². The van der Waals surface area contributed by atoms with Crippen molar-refractivity contribution >= 4 is 5.78 Å². The Morgan fingerprint density at radius 2 is 2.33 bits per heavy atom. The van der Waals surface area contributed by atoms with Gasteiger partial charge in [-0.2, -0.15) is 0 Å². The number of hydrogen-bond acceptors (Lipinski definition) is 2. The van der Waals surface area contributed by atoms with Crippen LogP contribution in [0.1, 0.15) is 39.5 Å². The van der Waals surface area contributed by atoms with Gasteiger partial charge in [0.2, 0.25) is 0 Å². The summed E-state index contributed by atoms with van der Waals surface area (Å²) < 4.78 is 0. The molecule has 2 aliphatic rings. The second-order valence-corrected chi connectivity index (χ2v) is 4.85. The van der Waals surface area contributed by atoms with Gasteiger partial charge in [0.1, 0.15) is 0 Å². The van der Waals surface area contributed by atoms with E-state index in [1.807, 2.05) is 13.0 Å². The molecule has 0 bridgehead atoms. The Bertz CT molecular complexity index is 352. The third-order valence-electron chi connectivity index (χ3n) is 3.92. The zero-order valence-corrected chi connectivity index (χ0v) is 9.42. The SMILES string of the molecule is CC=C1C[C@@]2(C)C(=CC1=O)CCC[C@@H]2O. The van der Waals surface area contributed by atoms with Crippen LogP contribution in [-0.2, 0) is 4.79 Å². The molecule has 0 aromatic heterocycles. The van der Waals surface area contributed by atoms with Crippen LogP contribution in [0.3, 0.4) is 0 Å². The molecule has 2 rings (SSSR count). The van der Waals surface area contributed by atoms with Crippen molar-refractivity contribution in [3.05, 3.63) is 23.3 Å². The molecule has 2 nitrogen and oxygen atoms in total. The number of hydrogen-bond donors (Lipinski definition) is 1. The molecule has 0 aromatic carbocycles. The summed E-state index contributed by atoms with van der Waals surface area (Å²) in [6, 6.07) is 0. The van der Waals surface area contributed by atoms with Crippen LogP contribution in [0.15, 0.2) is 23.3 Å². The molecule has 0 unspecified atom stereocenters. The predicted octanol–water partition coefficient (Wildman–Crippen LogP) is 2.38. The molecular formula is C13H18O2. The van der Waals surface area contributed by atoms with Crippen molar-refractivity contribution in [1.82, 2.24) is 0 Å². The Hall–Kier alpha value is -0.890. The van der Waals surface area contributed by atoms with Gasteiger partial charge in [-0.3, -0.25) is 4.79 Å². The van der Waals surface area contributed by atoms with Crippen molar-refractivity contribution in [3.8, 4) is 0 Å². The topological polar surface area (TPSA) is 37.3 Å². The number of ketones is 1. The summed E-state index contributed by atoms with van der Waals surface area (Å²) in [7, 11) is 0. The monoisotopic (exact) mass is 206 g/mol. The summed E-state index contributed by atoms with van der Waals surface area (Å²) in [6.07, 6.45) is 6.87. The maximum atomic E-state index is 11.7. The van der Waals surface area contributed by atoms with Crippen LogP contribution in [0.2, 0.25) is 0 Å². The molecule has 82 valence electrons. The van der Waals surface area contributed by atoms with Crippen molar-refractivity contribution in [3.63, 3.8) is 0 Å². The van der Waals surface area contributed by atoms with E-state index in [1.54, 1.807) is 6.08 Å². The van der Waals surface area contributed by atoms with Gasteiger partial charge in [0, 0.05) is 5.41 Å². The van der Waals surface area contributed by atoms with Gasteiger partial charge in [0.05, 0.1) is 6.10 Å². The van der Waals surface area contributed by atoms with E-state index in [0.717, 1.165) is 30.4 Å². The molecule has 0 amide bonds. The van der Waals surface area contributed by atoms with Crippen LogP contribution in [0.4, 0.5) is 0 Å². The van der Waals surface area contributed by atoms with Crippen molar-refractivity contribution in [1.29, 1.82) is 0 Å². The predicted molar refractivity (Wildman–Crippen MR) is 59.4 cm³/mol. The summed E-state index contributed by atoms with van der Waals surface area (Å²) in [5.41, 5.74) is 1.81. The highest BCUT2D eigenvalue weighted by Gasteiger charge is 2.43. The Morgan fingerprint density at radius 1 is 1.60 bits per heavy atom. The Kier molecular flexibility index (Phi) is 2.55. The maximum Gasteiger partial charge on any atom is 0.181 e. The van der Waals surface area contributed by atoms with E-state index >= 15 is 0 Å². The third kappa shape index (κ3) is 1.57. The highest BCUT2D eigenvalue weighted by molar-refractivity contribution is 6.05. The fourth-order valence-corrected chi connectivity index (χ4v) is 2.75. The Labute approximate surface area is 90.7 Å². The van der Waals surface area contributed by atoms with E-state index in [1.165, 1.54) is 0 Å². The van der Waals surface area contributed by atoms with Gasteiger partial charge >= 0.3 is 0 Å². The highest BCUT2D eigenvalue weighted by atomic mass is 16.3. The minimum atomic E-state index is -0.291. The molecule has 15 heavy (non-hydrogen) atoms. The third-order valence-corrected chi connectivity index (χ3v) is 3.92. The van der Waals surface area contributed by atoms with Crippen LogP contribution in [0.5, 0.6) is 0 Å². The van der Waals surface area contributed by atoms with Gasteiger partial charge in [-0.15, -0.1) is 0 Å². The summed E-state index contributed by atoms with van der Waals surface area (Å²) in [5, 5.41) is 10.1. The zero-order valence-electron chi connectivity index (χ0n) is 9.42. The second kappa shape index (κ2) is 3.60. The fraction of sp³-hybridized carbons (Fsp3) is 0.615. The van der Waals surface area contributed by atoms with E-state index in [9.17, 15) is 9.90 Å². The van der Waals surface area contributed by atoms with Gasteiger partial charge in [0.25, 0.3) is 0 Å². The first-order chi connectivity index (χ1) is 7.08. The van der Waals surface area contributed by atoms with Crippen molar-refractivity contribution in [2.24, 2.45) is 5.41 Å². The number of fused-ring (bicyclic) bond motifs is 1. The smallest absolute Gasteiger partial charge is 0.181 e. The van der Waals surface area contributed by atoms with E-state index < -0.39 is 0 Å². The Balaban J connectivity index is 2.42. The maximum absolute atomic E-state index is 11.7. The number of carbonyl (C=O) groups is 1. The van der Waals surface area contributed by atoms with Crippen LogP contribution in [0.25, 0.3) is 0 Å². The summed E-state index contributed by atoms with van der Waals surface area (Å²) in [6.45, 7) is 3.98. The lowest BCUT2D eigenvalue weighted by atomic mass is 9.63. The van der Waals surface area contributed by atoms with Gasteiger partial charge in [-0.05, 0) is 44.3 Å². The van der Waals surface area contributed by atoms with E-state index in [4.69, 9.17) is 0 Å². The molecular weight excluding hydrogens is 188 g/mol. The highest BCUT2D eigenvalue weighted by Crippen LogP contribution is 2.47. The molecule has 0 heterocycles. The summed E-state index contributed by atoms with van der Waals surface area (Å²) >= 11 is 0.